The van der Waals surface area contributed by atoms with E-state index in [9.17, 15) is 9.59 Å². The van der Waals surface area contributed by atoms with Crippen LogP contribution in [-0.4, -0.2) is 47.2 Å². The Morgan fingerprint density at radius 1 is 1.48 bits per heavy atom. The SMILES string of the molecule is CCOC(=O)C1CCN(C(=O)CSc2nc(C)cs2)CC1. The fourth-order valence-corrected chi connectivity index (χ4v) is 3.99. The van der Waals surface area contributed by atoms with Crippen molar-refractivity contribution in [2.75, 3.05) is 25.4 Å². The van der Waals surface area contributed by atoms with Gasteiger partial charge in [-0.15, -0.1) is 11.3 Å². The number of hydrogen-bond donors (Lipinski definition) is 0. The van der Waals surface area contributed by atoms with E-state index in [-0.39, 0.29) is 17.8 Å². The Bertz CT molecular complexity index is 496. The number of carbonyl (C=O) groups is 2. The number of rotatable bonds is 5. The fraction of sp³-hybridized carbons (Fsp3) is 0.643. The third kappa shape index (κ3) is 4.71. The van der Waals surface area contributed by atoms with Crippen LogP contribution in [0.4, 0.5) is 0 Å². The molecule has 0 bridgehead atoms. The van der Waals surface area contributed by atoms with Gasteiger partial charge in [0, 0.05) is 24.2 Å². The second-order valence-corrected chi connectivity index (χ2v) is 7.03. The molecule has 21 heavy (non-hydrogen) atoms. The summed E-state index contributed by atoms with van der Waals surface area (Å²) >= 11 is 3.05. The average molecular weight is 328 g/mol. The summed E-state index contributed by atoms with van der Waals surface area (Å²) in [6.07, 6.45) is 1.40. The van der Waals surface area contributed by atoms with Crippen molar-refractivity contribution in [2.45, 2.75) is 31.0 Å². The molecule has 0 aliphatic carbocycles. The Morgan fingerprint density at radius 2 is 2.19 bits per heavy atom. The number of esters is 1. The lowest BCUT2D eigenvalue weighted by Gasteiger charge is -2.30. The van der Waals surface area contributed by atoms with Gasteiger partial charge < -0.3 is 9.64 Å². The topological polar surface area (TPSA) is 59.5 Å². The van der Waals surface area contributed by atoms with E-state index in [4.69, 9.17) is 4.74 Å². The molecule has 0 atom stereocenters. The van der Waals surface area contributed by atoms with Gasteiger partial charge in [0.1, 0.15) is 0 Å². The summed E-state index contributed by atoms with van der Waals surface area (Å²) < 4.78 is 5.96. The summed E-state index contributed by atoms with van der Waals surface area (Å²) in [5, 5.41) is 1.98. The maximum absolute atomic E-state index is 12.1. The monoisotopic (exact) mass is 328 g/mol. The number of aryl methyl sites for hydroxylation is 1. The molecule has 1 saturated heterocycles. The van der Waals surface area contributed by atoms with Gasteiger partial charge in [-0.05, 0) is 26.7 Å². The molecular formula is C14H20N2O3S2. The van der Waals surface area contributed by atoms with Gasteiger partial charge >= 0.3 is 5.97 Å². The van der Waals surface area contributed by atoms with Crippen LogP contribution in [0.15, 0.2) is 9.72 Å². The van der Waals surface area contributed by atoms with Crippen molar-refractivity contribution in [3.05, 3.63) is 11.1 Å². The van der Waals surface area contributed by atoms with Crippen LogP contribution in [0.1, 0.15) is 25.5 Å². The number of amides is 1. The molecule has 2 heterocycles. The first kappa shape index (κ1) is 16.3. The highest BCUT2D eigenvalue weighted by Crippen LogP contribution is 2.24. The van der Waals surface area contributed by atoms with Crippen LogP contribution in [0.2, 0.25) is 0 Å². The summed E-state index contributed by atoms with van der Waals surface area (Å²) in [4.78, 5) is 30.0. The van der Waals surface area contributed by atoms with Crippen LogP contribution in [0.3, 0.4) is 0 Å². The number of thioether (sulfide) groups is 1. The average Bonchev–Trinajstić information content (AvgIpc) is 2.91. The van der Waals surface area contributed by atoms with Gasteiger partial charge in [0.05, 0.1) is 18.3 Å². The molecule has 116 valence electrons. The smallest absolute Gasteiger partial charge is 0.309 e. The van der Waals surface area contributed by atoms with E-state index in [1.165, 1.54) is 11.8 Å². The van der Waals surface area contributed by atoms with Gasteiger partial charge in [-0.2, -0.15) is 0 Å². The third-order valence-electron chi connectivity index (χ3n) is 3.38. The molecule has 1 amide bonds. The predicted octanol–water partition coefficient (Wildman–Crippen LogP) is 2.35. The van der Waals surface area contributed by atoms with Gasteiger partial charge in [-0.1, -0.05) is 11.8 Å². The Labute approximate surface area is 133 Å². The zero-order valence-electron chi connectivity index (χ0n) is 12.3. The second-order valence-electron chi connectivity index (χ2n) is 4.95. The van der Waals surface area contributed by atoms with Crippen molar-refractivity contribution in [1.29, 1.82) is 0 Å². The summed E-state index contributed by atoms with van der Waals surface area (Å²) in [5.74, 6) is 0.354. The Kier molecular flexibility index (Phi) is 6.05. The molecule has 0 radical (unpaired) electrons. The minimum absolute atomic E-state index is 0.0525. The Hall–Kier alpha value is -1.08. The van der Waals surface area contributed by atoms with Crippen molar-refractivity contribution in [3.8, 4) is 0 Å². The lowest BCUT2D eigenvalue weighted by Crippen LogP contribution is -2.41. The summed E-state index contributed by atoms with van der Waals surface area (Å²) in [7, 11) is 0. The van der Waals surface area contributed by atoms with Crippen molar-refractivity contribution in [2.24, 2.45) is 5.92 Å². The van der Waals surface area contributed by atoms with E-state index in [1.54, 1.807) is 11.3 Å². The minimum Gasteiger partial charge on any atom is -0.466 e. The van der Waals surface area contributed by atoms with Crippen molar-refractivity contribution >= 4 is 35.0 Å². The number of nitrogens with zero attached hydrogens (tertiary/aromatic N) is 2. The van der Waals surface area contributed by atoms with E-state index in [0.29, 0.717) is 38.3 Å². The first-order valence-electron chi connectivity index (χ1n) is 7.09. The van der Waals surface area contributed by atoms with Crippen molar-refractivity contribution in [1.82, 2.24) is 9.88 Å². The first-order chi connectivity index (χ1) is 10.1. The number of ether oxygens (including phenoxy) is 1. The Morgan fingerprint density at radius 3 is 2.76 bits per heavy atom. The maximum atomic E-state index is 12.1. The molecule has 0 spiro atoms. The lowest BCUT2D eigenvalue weighted by molar-refractivity contribution is -0.151. The molecule has 1 fully saturated rings. The van der Waals surface area contributed by atoms with Crippen molar-refractivity contribution in [3.63, 3.8) is 0 Å². The molecule has 5 nitrogen and oxygen atoms in total. The second kappa shape index (κ2) is 7.79. The van der Waals surface area contributed by atoms with Gasteiger partial charge in [0.15, 0.2) is 4.34 Å². The standard InChI is InChI=1S/C14H20N2O3S2/c1-3-19-13(18)11-4-6-16(7-5-11)12(17)9-21-14-15-10(2)8-20-14/h8,11H,3-7,9H2,1-2H3. The summed E-state index contributed by atoms with van der Waals surface area (Å²) in [6, 6.07) is 0. The molecule has 0 aromatic carbocycles. The number of likely N-dealkylation sites (tertiary alicyclic amines) is 1. The van der Waals surface area contributed by atoms with Crippen LogP contribution in [0, 0.1) is 12.8 Å². The number of piperidine rings is 1. The molecule has 0 saturated carbocycles. The molecule has 1 aliphatic heterocycles. The predicted molar refractivity (Wildman–Crippen MR) is 83.5 cm³/mol. The highest BCUT2D eigenvalue weighted by atomic mass is 32.2. The molecule has 0 unspecified atom stereocenters. The first-order valence-corrected chi connectivity index (χ1v) is 8.96. The zero-order valence-corrected chi connectivity index (χ0v) is 14.0. The third-order valence-corrected chi connectivity index (χ3v) is 5.51. The highest BCUT2D eigenvalue weighted by molar-refractivity contribution is 8.01. The highest BCUT2D eigenvalue weighted by Gasteiger charge is 2.28. The van der Waals surface area contributed by atoms with E-state index in [1.807, 2.05) is 24.1 Å². The van der Waals surface area contributed by atoms with Gasteiger partial charge in [-0.3, -0.25) is 9.59 Å². The molecular weight excluding hydrogens is 308 g/mol. The van der Waals surface area contributed by atoms with Crippen LogP contribution in [0.5, 0.6) is 0 Å². The lowest BCUT2D eigenvalue weighted by atomic mass is 9.97. The van der Waals surface area contributed by atoms with Crippen LogP contribution in [0.25, 0.3) is 0 Å². The number of aromatic nitrogens is 1. The van der Waals surface area contributed by atoms with E-state index in [2.05, 4.69) is 4.98 Å². The number of hydrogen-bond acceptors (Lipinski definition) is 6. The van der Waals surface area contributed by atoms with Crippen LogP contribution >= 0.6 is 23.1 Å². The molecule has 1 aliphatic rings. The molecule has 0 N–H and O–H groups in total. The van der Waals surface area contributed by atoms with E-state index >= 15 is 0 Å². The normalized spacial score (nSPS) is 16.0. The molecule has 1 aromatic heterocycles. The quantitative estimate of drug-likeness (QED) is 0.613. The molecule has 1 aromatic rings. The molecule has 7 heteroatoms. The Balaban J connectivity index is 1.74. The van der Waals surface area contributed by atoms with E-state index in [0.717, 1.165) is 10.0 Å². The van der Waals surface area contributed by atoms with Gasteiger partial charge in [-0.25, -0.2) is 4.98 Å². The van der Waals surface area contributed by atoms with Crippen molar-refractivity contribution < 1.29 is 14.3 Å². The maximum Gasteiger partial charge on any atom is 0.309 e. The largest absolute Gasteiger partial charge is 0.466 e. The molecule has 2 rings (SSSR count). The summed E-state index contributed by atoms with van der Waals surface area (Å²) in [5.41, 5.74) is 0.991. The van der Waals surface area contributed by atoms with Crippen LogP contribution in [-0.2, 0) is 14.3 Å². The van der Waals surface area contributed by atoms with E-state index < -0.39 is 0 Å². The zero-order chi connectivity index (χ0) is 15.2. The van der Waals surface area contributed by atoms with Crippen LogP contribution < -0.4 is 0 Å². The minimum atomic E-state index is -0.128. The van der Waals surface area contributed by atoms with Gasteiger partial charge in [0.2, 0.25) is 5.91 Å². The summed E-state index contributed by atoms with van der Waals surface area (Å²) in [6.45, 7) is 5.46. The van der Waals surface area contributed by atoms with Gasteiger partial charge in [0.25, 0.3) is 0 Å². The fourth-order valence-electron chi connectivity index (χ4n) is 2.24. The number of thiazole rings is 1. The number of carbonyl (C=O) groups excluding carboxylic acids is 2.